The molecular formula is C28H28F2N4O3. The second-order valence-corrected chi connectivity index (χ2v) is 9.50. The Balaban J connectivity index is 1.70. The van der Waals surface area contributed by atoms with Gasteiger partial charge in [-0.25, -0.2) is 18.7 Å². The molecule has 0 saturated carbocycles. The van der Waals surface area contributed by atoms with Gasteiger partial charge in [0, 0.05) is 22.9 Å². The van der Waals surface area contributed by atoms with E-state index >= 15 is 0 Å². The number of aryl methyl sites for hydroxylation is 2. The Hall–Kier alpha value is -3.98. The summed E-state index contributed by atoms with van der Waals surface area (Å²) in [6, 6.07) is 9.76. The average molecular weight is 507 g/mol. The summed E-state index contributed by atoms with van der Waals surface area (Å²) in [6.07, 6.45) is 1.66. The Morgan fingerprint density at radius 1 is 1.03 bits per heavy atom. The van der Waals surface area contributed by atoms with E-state index in [-0.39, 0.29) is 34.7 Å². The number of hydrogen-bond donors (Lipinski definition) is 1. The Labute approximate surface area is 213 Å². The van der Waals surface area contributed by atoms with Gasteiger partial charge in [-0.3, -0.25) is 9.36 Å². The molecule has 0 aliphatic carbocycles. The largest absolute Gasteiger partial charge is 0.472 e. The van der Waals surface area contributed by atoms with Gasteiger partial charge in [0.15, 0.2) is 5.82 Å². The molecule has 0 atom stereocenters. The summed E-state index contributed by atoms with van der Waals surface area (Å²) in [6.45, 7) is 9.51. The van der Waals surface area contributed by atoms with E-state index in [0.717, 1.165) is 11.1 Å². The van der Waals surface area contributed by atoms with Crippen LogP contribution in [-0.2, 0) is 12.2 Å². The summed E-state index contributed by atoms with van der Waals surface area (Å²) < 4.78 is 35.1. The van der Waals surface area contributed by atoms with Crippen LogP contribution in [0.5, 0.6) is 5.88 Å². The SMILES string of the molecule is Cc1cnc(C(C)(C)O)nc1-c1cccc(-n2c(C)nc(OCc3ccc(F)c(C)c3F)c(C)c2=O)c1. The second kappa shape index (κ2) is 9.82. The Bertz CT molecular complexity index is 1560. The lowest BCUT2D eigenvalue weighted by atomic mass is 10.0. The van der Waals surface area contributed by atoms with Crippen molar-refractivity contribution < 1.29 is 18.6 Å². The molecule has 37 heavy (non-hydrogen) atoms. The van der Waals surface area contributed by atoms with E-state index in [0.29, 0.717) is 23.0 Å². The Morgan fingerprint density at radius 2 is 1.76 bits per heavy atom. The molecule has 4 rings (SSSR count). The third-order valence-corrected chi connectivity index (χ3v) is 6.09. The van der Waals surface area contributed by atoms with Gasteiger partial charge >= 0.3 is 0 Å². The fourth-order valence-electron chi connectivity index (χ4n) is 3.93. The van der Waals surface area contributed by atoms with E-state index < -0.39 is 17.2 Å². The topological polar surface area (TPSA) is 90.1 Å². The van der Waals surface area contributed by atoms with Crippen molar-refractivity contribution in [2.75, 3.05) is 0 Å². The number of benzene rings is 2. The molecule has 0 unspecified atom stereocenters. The van der Waals surface area contributed by atoms with E-state index in [1.54, 1.807) is 46.0 Å². The van der Waals surface area contributed by atoms with Crippen molar-refractivity contribution in [2.24, 2.45) is 0 Å². The molecule has 192 valence electrons. The quantitative estimate of drug-likeness (QED) is 0.396. The van der Waals surface area contributed by atoms with Crippen molar-refractivity contribution in [3.63, 3.8) is 0 Å². The van der Waals surface area contributed by atoms with Crippen LogP contribution in [0.1, 0.15) is 47.8 Å². The van der Waals surface area contributed by atoms with Crippen molar-refractivity contribution in [3.05, 3.63) is 98.5 Å². The molecule has 0 aliphatic rings. The first kappa shape index (κ1) is 26.1. The molecule has 7 nitrogen and oxygen atoms in total. The number of hydrogen-bond acceptors (Lipinski definition) is 6. The molecule has 2 aromatic heterocycles. The predicted molar refractivity (Wildman–Crippen MR) is 136 cm³/mol. The molecule has 2 heterocycles. The minimum atomic E-state index is -1.21. The van der Waals surface area contributed by atoms with Gasteiger partial charge in [-0.05, 0) is 71.4 Å². The zero-order valence-corrected chi connectivity index (χ0v) is 21.6. The number of aromatic nitrogens is 4. The minimum Gasteiger partial charge on any atom is -0.472 e. The predicted octanol–water partition coefficient (Wildman–Crippen LogP) is 5.01. The van der Waals surface area contributed by atoms with Crippen LogP contribution in [0.3, 0.4) is 0 Å². The van der Waals surface area contributed by atoms with Crippen molar-refractivity contribution in [1.82, 2.24) is 19.5 Å². The highest BCUT2D eigenvalue weighted by Crippen LogP contribution is 2.26. The van der Waals surface area contributed by atoms with Crippen LogP contribution in [0, 0.1) is 39.3 Å². The lowest BCUT2D eigenvalue weighted by Crippen LogP contribution is -2.25. The number of aliphatic hydroxyl groups is 1. The summed E-state index contributed by atoms with van der Waals surface area (Å²) in [7, 11) is 0. The number of halogens is 2. The Kier molecular flexibility index (Phi) is 6.92. The first-order valence-electron chi connectivity index (χ1n) is 11.7. The highest BCUT2D eigenvalue weighted by Gasteiger charge is 2.22. The molecule has 0 amide bonds. The standard InChI is InChI=1S/C28H28F2N4O3/c1-15-13-31-27(28(5,6)36)33-24(15)19-8-7-9-21(12-19)34-18(4)32-25(17(3)26(34)35)37-14-20-10-11-22(29)16(2)23(20)30/h7-13,36H,14H2,1-6H3. The van der Waals surface area contributed by atoms with Crippen molar-refractivity contribution in [3.8, 4) is 22.8 Å². The Morgan fingerprint density at radius 3 is 2.46 bits per heavy atom. The van der Waals surface area contributed by atoms with Crippen LogP contribution in [-0.4, -0.2) is 24.6 Å². The van der Waals surface area contributed by atoms with Gasteiger partial charge in [-0.15, -0.1) is 0 Å². The smallest absolute Gasteiger partial charge is 0.264 e. The average Bonchev–Trinajstić information content (AvgIpc) is 2.84. The van der Waals surface area contributed by atoms with Gasteiger partial charge < -0.3 is 9.84 Å². The molecule has 0 spiro atoms. The maximum absolute atomic E-state index is 14.4. The first-order valence-corrected chi connectivity index (χ1v) is 11.7. The van der Waals surface area contributed by atoms with Gasteiger partial charge in [0.05, 0.1) is 16.9 Å². The molecule has 0 aliphatic heterocycles. The normalized spacial score (nSPS) is 11.6. The third kappa shape index (κ3) is 5.13. The summed E-state index contributed by atoms with van der Waals surface area (Å²) in [4.78, 5) is 26.6. The maximum atomic E-state index is 14.4. The fourth-order valence-corrected chi connectivity index (χ4v) is 3.93. The van der Waals surface area contributed by atoms with Crippen molar-refractivity contribution >= 4 is 0 Å². The van der Waals surface area contributed by atoms with E-state index in [2.05, 4.69) is 15.0 Å². The summed E-state index contributed by atoms with van der Waals surface area (Å²) in [5.41, 5.74) is 1.55. The van der Waals surface area contributed by atoms with E-state index in [1.165, 1.54) is 23.6 Å². The minimum absolute atomic E-state index is 0.0812. The highest BCUT2D eigenvalue weighted by atomic mass is 19.1. The van der Waals surface area contributed by atoms with Crippen LogP contribution in [0.15, 0.2) is 47.4 Å². The molecule has 1 N–H and O–H groups in total. The molecule has 2 aromatic carbocycles. The van der Waals surface area contributed by atoms with Gasteiger partial charge in [0.1, 0.15) is 29.7 Å². The van der Waals surface area contributed by atoms with Crippen molar-refractivity contribution in [1.29, 1.82) is 0 Å². The van der Waals surface area contributed by atoms with Gasteiger partial charge in [-0.1, -0.05) is 12.1 Å². The molecular weight excluding hydrogens is 478 g/mol. The van der Waals surface area contributed by atoms with Crippen LogP contribution in [0.25, 0.3) is 16.9 Å². The van der Waals surface area contributed by atoms with Crippen LogP contribution < -0.4 is 10.3 Å². The van der Waals surface area contributed by atoms with E-state index in [9.17, 15) is 18.7 Å². The molecule has 0 bridgehead atoms. The number of nitrogens with zero attached hydrogens (tertiary/aromatic N) is 4. The number of rotatable bonds is 6. The summed E-state index contributed by atoms with van der Waals surface area (Å²) in [5.74, 6) is -0.580. The molecule has 0 fully saturated rings. The summed E-state index contributed by atoms with van der Waals surface area (Å²) >= 11 is 0. The lowest BCUT2D eigenvalue weighted by Gasteiger charge is -2.18. The van der Waals surface area contributed by atoms with Crippen molar-refractivity contribution in [2.45, 2.75) is 53.8 Å². The molecule has 4 aromatic rings. The van der Waals surface area contributed by atoms with E-state index in [4.69, 9.17) is 4.74 Å². The van der Waals surface area contributed by atoms with Crippen LogP contribution in [0.4, 0.5) is 8.78 Å². The van der Waals surface area contributed by atoms with E-state index in [1.807, 2.05) is 19.1 Å². The first-order chi connectivity index (χ1) is 17.4. The molecule has 0 radical (unpaired) electrons. The molecule has 9 heteroatoms. The highest BCUT2D eigenvalue weighted by molar-refractivity contribution is 5.65. The third-order valence-electron chi connectivity index (χ3n) is 6.09. The van der Waals surface area contributed by atoms with Gasteiger partial charge in [-0.2, -0.15) is 4.98 Å². The second-order valence-electron chi connectivity index (χ2n) is 9.50. The summed E-state index contributed by atoms with van der Waals surface area (Å²) in [5, 5.41) is 10.3. The zero-order valence-electron chi connectivity index (χ0n) is 21.6. The zero-order chi connectivity index (χ0) is 27.1. The monoisotopic (exact) mass is 506 g/mol. The molecule has 0 saturated heterocycles. The van der Waals surface area contributed by atoms with Gasteiger partial charge in [0.2, 0.25) is 5.88 Å². The number of ether oxygens (including phenoxy) is 1. The maximum Gasteiger partial charge on any atom is 0.264 e. The fraction of sp³-hybridized carbons (Fsp3) is 0.286. The lowest BCUT2D eigenvalue weighted by molar-refractivity contribution is 0.0688. The van der Waals surface area contributed by atoms with Crippen LogP contribution >= 0.6 is 0 Å². The van der Waals surface area contributed by atoms with Gasteiger partial charge in [0.25, 0.3) is 5.56 Å². The van der Waals surface area contributed by atoms with Crippen LogP contribution in [0.2, 0.25) is 0 Å².